The zero-order valence-corrected chi connectivity index (χ0v) is 15.8. The zero-order chi connectivity index (χ0) is 17.5. The van der Waals surface area contributed by atoms with Gasteiger partial charge < -0.3 is 9.51 Å². The summed E-state index contributed by atoms with van der Waals surface area (Å²) in [5, 5.41) is 11.0. The maximum absolute atomic E-state index is 11.0. The molecule has 1 N–H and O–H groups in total. The van der Waals surface area contributed by atoms with E-state index in [9.17, 15) is 5.11 Å². The molecule has 140 valence electrons. The molecule has 3 unspecified atom stereocenters. The third-order valence-electron chi connectivity index (χ3n) is 7.30. The van der Waals surface area contributed by atoms with Crippen molar-refractivity contribution in [2.24, 2.45) is 17.8 Å². The van der Waals surface area contributed by atoms with Crippen molar-refractivity contribution in [1.82, 2.24) is 9.38 Å². The third kappa shape index (κ3) is 3.31. The van der Waals surface area contributed by atoms with E-state index < -0.39 is 0 Å². The molecule has 0 amide bonds. The van der Waals surface area contributed by atoms with Crippen LogP contribution >= 0.6 is 0 Å². The topological polar surface area (TPSA) is 37.5 Å². The van der Waals surface area contributed by atoms with Crippen LogP contribution < -0.4 is 0 Å². The molecular weight excluding hydrogens is 320 g/mol. The quantitative estimate of drug-likeness (QED) is 0.731. The van der Waals surface area contributed by atoms with E-state index in [1.807, 2.05) is 12.5 Å². The van der Waals surface area contributed by atoms with Gasteiger partial charge >= 0.3 is 0 Å². The zero-order valence-electron chi connectivity index (χ0n) is 15.8. The molecule has 26 heavy (non-hydrogen) atoms. The lowest BCUT2D eigenvalue weighted by Gasteiger charge is -2.39. The third-order valence-corrected chi connectivity index (χ3v) is 7.30. The molecule has 0 radical (unpaired) electrons. The molecular formula is C23H32N2O. The van der Waals surface area contributed by atoms with Gasteiger partial charge in [-0.1, -0.05) is 38.2 Å². The smallest absolute Gasteiger partial charge is 0.0995 e. The maximum atomic E-state index is 11.0. The molecule has 3 nitrogen and oxygen atoms in total. The van der Waals surface area contributed by atoms with Crippen LogP contribution in [0.15, 0.2) is 24.7 Å². The number of hydrogen-bond acceptors (Lipinski definition) is 2. The molecule has 3 atom stereocenters. The van der Waals surface area contributed by atoms with Gasteiger partial charge in [0.05, 0.1) is 29.8 Å². The highest BCUT2D eigenvalue weighted by Gasteiger charge is 2.32. The number of imidazole rings is 1. The van der Waals surface area contributed by atoms with E-state index in [4.69, 9.17) is 0 Å². The fourth-order valence-corrected chi connectivity index (χ4v) is 5.96. The van der Waals surface area contributed by atoms with Crippen LogP contribution in [0.5, 0.6) is 0 Å². The van der Waals surface area contributed by atoms with Crippen LogP contribution in [0.2, 0.25) is 0 Å². The highest BCUT2D eigenvalue weighted by atomic mass is 16.3. The molecule has 3 aliphatic rings. The summed E-state index contributed by atoms with van der Waals surface area (Å²) in [6.07, 6.45) is 18.1. The average molecular weight is 353 g/mol. The van der Waals surface area contributed by atoms with Crippen LogP contribution in [0, 0.1) is 17.8 Å². The molecule has 0 saturated heterocycles. The Kier molecular flexibility index (Phi) is 4.52. The van der Waals surface area contributed by atoms with Gasteiger partial charge in [-0.2, -0.15) is 0 Å². The van der Waals surface area contributed by atoms with E-state index in [2.05, 4.69) is 21.5 Å². The Morgan fingerprint density at radius 2 is 1.88 bits per heavy atom. The van der Waals surface area contributed by atoms with Crippen molar-refractivity contribution >= 4 is 5.52 Å². The molecule has 3 saturated carbocycles. The largest absolute Gasteiger partial charge is 0.387 e. The minimum Gasteiger partial charge on any atom is -0.387 e. The molecule has 0 spiro atoms. The average Bonchev–Trinajstić information content (AvgIpc) is 3.37. The van der Waals surface area contributed by atoms with Crippen LogP contribution in [0.3, 0.4) is 0 Å². The first-order chi connectivity index (χ1) is 12.8. The van der Waals surface area contributed by atoms with Gasteiger partial charge in [0.2, 0.25) is 0 Å². The van der Waals surface area contributed by atoms with Gasteiger partial charge in [0.25, 0.3) is 0 Å². The van der Waals surface area contributed by atoms with Crippen molar-refractivity contribution in [3.63, 3.8) is 0 Å². The van der Waals surface area contributed by atoms with E-state index in [0.29, 0.717) is 5.92 Å². The summed E-state index contributed by atoms with van der Waals surface area (Å²) in [5.41, 5.74) is 3.57. The fraction of sp³-hybridized carbons (Fsp3) is 0.696. The van der Waals surface area contributed by atoms with Crippen molar-refractivity contribution in [2.45, 2.75) is 82.7 Å². The monoisotopic (exact) mass is 352 g/mol. The molecule has 2 aromatic heterocycles. The first kappa shape index (κ1) is 16.8. The second-order valence-corrected chi connectivity index (χ2v) is 9.32. The summed E-state index contributed by atoms with van der Waals surface area (Å²) in [4.78, 5) is 4.30. The molecule has 2 aromatic rings. The second kappa shape index (κ2) is 6.99. The lowest BCUT2D eigenvalue weighted by Crippen LogP contribution is -2.26. The first-order valence-electron chi connectivity index (χ1n) is 10.9. The van der Waals surface area contributed by atoms with E-state index in [1.54, 1.807) is 0 Å². The van der Waals surface area contributed by atoms with Crippen LogP contribution in [0.1, 0.15) is 93.9 Å². The number of fused-ring (bicyclic) bond motifs is 3. The highest BCUT2D eigenvalue weighted by Crippen LogP contribution is 2.45. The number of aliphatic hydroxyl groups excluding tert-OH is 1. The molecule has 3 aliphatic carbocycles. The standard InChI is InChI=1S/C23H32N2O/c26-22(6-2-5-18-12-16-3-1-4-17(11-16)13-18)23-21(19-7-8-19)10-9-20-14-24-15-25(20)23/h9-10,14-19,22,26H,1-8,11-13H2. The Balaban J connectivity index is 1.24. The van der Waals surface area contributed by atoms with Gasteiger partial charge in [0.1, 0.15) is 0 Å². The van der Waals surface area contributed by atoms with Crippen molar-refractivity contribution in [3.8, 4) is 0 Å². The van der Waals surface area contributed by atoms with Crippen LogP contribution in [-0.4, -0.2) is 14.5 Å². The van der Waals surface area contributed by atoms with Gasteiger partial charge in [-0.25, -0.2) is 4.98 Å². The van der Waals surface area contributed by atoms with Crippen LogP contribution in [0.25, 0.3) is 5.52 Å². The van der Waals surface area contributed by atoms with Crippen molar-refractivity contribution in [1.29, 1.82) is 0 Å². The maximum Gasteiger partial charge on any atom is 0.0995 e. The summed E-state index contributed by atoms with van der Waals surface area (Å²) in [6.45, 7) is 0. The molecule has 3 heteroatoms. The van der Waals surface area contributed by atoms with Gasteiger partial charge in [-0.15, -0.1) is 0 Å². The Morgan fingerprint density at radius 3 is 2.65 bits per heavy atom. The van der Waals surface area contributed by atoms with Crippen molar-refractivity contribution in [2.75, 3.05) is 0 Å². The molecule has 0 aromatic carbocycles. The van der Waals surface area contributed by atoms with E-state index in [1.165, 1.54) is 63.4 Å². The first-order valence-corrected chi connectivity index (χ1v) is 10.9. The number of hydrogen-bond donors (Lipinski definition) is 1. The van der Waals surface area contributed by atoms with Gasteiger partial charge in [0.15, 0.2) is 0 Å². The molecule has 2 heterocycles. The fourth-order valence-electron chi connectivity index (χ4n) is 5.96. The van der Waals surface area contributed by atoms with Crippen molar-refractivity contribution in [3.05, 3.63) is 35.9 Å². The minimum absolute atomic E-state index is 0.355. The number of rotatable bonds is 6. The molecule has 2 bridgehead atoms. The summed E-state index contributed by atoms with van der Waals surface area (Å²) in [6, 6.07) is 4.38. The van der Waals surface area contributed by atoms with Crippen LogP contribution in [0.4, 0.5) is 0 Å². The summed E-state index contributed by atoms with van der Waals surface area (Å²) >= 11 is 0. The normalized spacial score (nSPS) is 29.8. The lowest BCUT2D eigenvalue weighted by atomic mass is 9.67. The number of aromatic nitrogens is 2. The Morgan fingerprint density at radius 1 is 1.08 bits per heavy atom. The summed E-state index contributed by atoms with van der Waals surface area (Å²) in [7, 11) is 0. The Labute approximate surface area is 156 Å². The summed E-state index contributed by atoms with van der Waals surface area (Å²) in [5.74, 6) is 3.60. The minimum atomic E-state index is -0.355. The second-order valence-electron chi connectivity index (χ2n) is 9.32. The predicted octanol–water partition coefficient (Wildman–Crippen LogP) is 5.63. The predicted molar refractivity (Wildman–Crippen MR) is 104 cm³/mol. The lowest BCUT2D eigenvalue weighted by molar-refractivity contribution is 0.119. The Hall–Kier alpha value is -1.35. The van der Waals surface area contributed by atoms with Gasteiger partial charge in [-0.3, -0.25) is 0 Å². The Bertz CT molecular complexity index is 751. The molecule has 5 rings (SSSR count). The SMILES string of the molecule is OC(CCCC1CC2CCCC(C2)C1)c1c(C2CC2)ccc2cncn12. The van der Waals surface area contributed by atoms with Crippen molar-refractivity contribution < 1.29 is 5.11 Å². The molecule has 0 aliphatic heterocycles. The number of nitrogens with zero attached hydrogens (tertiary/aromatic N) is 2. The number of pyridine rings is 1. The molecule has 3 fully saturated rings. The van der Waals surface area contributed by atoms with Gasteiger partial charge in [0, 0.05) is 0 Å². The van der Waals surface area contributed by atoms with E-state index in [-0.39, 0.29) is 6.10 Å². The van der Waals surface area contributed by atoms with E-state index in [0.717, 1.165) is 41.8 Å². The van der Waals surface area contributed by atoms with Crippen LogP contribution in [-0.2, 0) is 0 Å². The van der Waals surface area contributed by atoms with Gasteiger partial charge in [-0.05, 0) is 73.8 Å². The summed E-state index contributed by atoms with van der Waals surface area (Å²) < 4.78 is 2.13. The van der Waals surface area contributed by atoms with E-state index >= 15 is 0 Å². The number of aliphatic hydroxyl groups is 1. The highest BCUT2D eigenvalue weighted by molar-refractivity contribution is 5.50.